The van der Waals surface area contributed by atoms with Gasteiger partial charge in [0.15, 0.2) is 0 Å². The van der Waals surface area contributed by atoms with Crippen molar-refractivity contribution >= 4 is 5.91 Å². The number of rotatable bonds is 7. The van der Waals surface area contributed by atoms with Crippen LogP contribution in [0.3, 0.4) is 0 Å². The Kier molecular flexibility index (Phi) is 4.01. The highest BCUT2D eigenvalue weighted by atomic mass is 16.5. The van der Waals surface area contributed by atoms with Gasteiger partial charge in [0.2, 0.25) is 5.91 Å². The first kappa shape index (κ1) is 12.8. The Hall–Kier alpha value is -0.650. The number of ether oxygens (including phenoxy) is 2. The lowest BCUT2D eigenvalue weighted by Crippen LogP contribution is -2.59. The molecule has 0 atom stereocenters. The molecule has 1 heterocycles. The average Bonchev–Trinajstić information content (AvgIpc) is 3.08. The number of hydrogen-bond acceptors (Lipinski definition) is 4. The minimum absolute atomic E-state index is 0.0951. The third-order valence-electron chi connectivity index (χ3n) is 3.39. The van der Waals surface area contributed by atoms with E-state index in [2.05, 4.69) is 5.32 Å². The monoisotopic (exact) mass is 242 g/mol. The second-order valence-electron chi connectivity index (χ2n) is 5.15. The first-order valence-electron chi connectivity index (χ1n) is 6.28. The predicted octanol–water partition coefficient (Wildman–Crippen LogP) is 0.00230. The second kappa shape index (κ2) is 5.33. The lowest BCUT2D eigenvalue weighted by atomic mass is 10.0. The SMILES string of the molecule is COCCN(C(=O)COC1(C)CNC1)C1CC1. The van der Waals surface area contributed by atoms with E-state index in [9.17, 15) is 4.79 Å². The Bertz CT molecular complexity index is 275. The summed E-state index contributed by atoms with van der Waals surface area (Å²) in [7, 11) is 1.66. The summed E-state index contributed by atoms with van der Waals surface area (Å²) in [6.45, 7) is 5.18. The molecule has 1 N–H and O–H groups in total. The van der Waals surface area contributed by atoms with Gasteiger partial charge in [0.25, 0.3) is 0 Å². The van der Waals surface area contributed by atoms with E-state index < -0.39 is 0 Å². The highest BCUT2D eigenvalue weighted by molar-refractivity contribution is 5.78. The molecular formula is C12H22N2O3. The maximum absolute atomic E-state index is 12.0. The Labute approximate surface area is 102 Å². The van der Waals surface area contributed by atoms with E-state index in [1.54, 1.807) is 7.11 Å². The third kappa shape index (κ3) is 3.40. The Morgan fingerprint density at radius 2 is 2.18 bits per heavy atom. The van der Waals surface area contributed by atoms with Gasteiger partial charge in [-0.15, -0.1) is 0 Å². The fourth-order valence-electron chi connectivity index (χ4n) is 1.98. The third-order valence-corrected chi connectivity index (χ3v) is 3.39. The van der Waals surface area contributed by atoms with E-state index in [0.717, 1.165) is 25.9 Å². The number of carbonyl (C=O) groups excluding carboxylic acids is 1. The van der Waals surface area contributed by atoms with Gasteiger partial charge in [0.05, 0.1) is 12.2 Å². The summed E-state index contributed by atoms with van der Waals surface area (Å²) in [5, 5.41) is 3.15. The molecule has 17 heavy (non-hydrogen) atoms. The number of hydrogen-bond donors (Lipinski definition) is 1. The number of carbonyl (C=O) groups is 1. The van der Waals surface area contributed by atoms with Crippen LogP contribution in [0.15, 0.2) is 0 Å². The molecule has 0 aromatic heterocycles. The first-order valence-corrected chi connectivity index (χ1v) is 6.28. The molecule has 5 heteroatoms. The normalized spacial score (nSPS) is 22.0. The molecule has 1 aliphatic carbocycles. The number of nitrogens with zero attached hydrogens (tertiary/aromatic N) is 1. The molecule has 98 valence electrons. The van der Waals surface area contributed by atoms with E-state index in [-0.39, 0.29) is 18.1 Å². The van der Waals surface area contributed by atoms with Crippen molar-refractivity contribution < 1.29 is 14.3 Å². The molecule has 0 unspecified atom stereocenters. The number of nitrogens with one attached hydrogen (secondary N) is 1. The van der Waals surface area contributed by atoms with E-state index in [4.69, 9.17) is 9.47 Å². The lowest BCUT2D eigenvalue weighted by Gasteiger charge is -2.39. The molecule has 1 amide bonds. The van der Waals surface area contributed by atoms with Crippen molar-refractivity contribution in [3.63, 3.8) is 0 Å². The molecule has 0 bridgehead atoms. The van der Waals surface area contributed by atoms with Gasteiger partial charge in [-0.2, -0.15) is 0 Å². The van der Waals surface area contributed by atoms with Gasteiger partial charge in [-0.3, -0.25) is 4.79 Å². The molecule has 5 nitrogen and oxygen atoms in total. The number of amides is 1. The maximum atomic E-state index is 12.0. The molecule has 0 spiro atoms. The zero-order valence-electron chi connectivity index (χ0n) is 10.7. The fourth-order valence-corrected chi connectivity index (χ4v) is 1.98. The van der Waals surface area contributed by atoms with Crippen LogP contribution in [0.25, 0.3) is 0 Å². The Morgan fingerprint density at radius 1 is 1.47 bits per heavy atom. The van der Waals surface area contributed by atoms with Crippen molar-refractivity contribution in [2.24, 2.45) is 0 Å². The zero-order chi connectivity index (χ0) is 12.3. The van der Waals surface area contributed by atoms with E-state index in [1.165, 1.54) is 0 Å². The molecule has 2 fully saturated rings. The van der Waals surface area contributed by atoms with E-state index >= 15 is 0 Å². The standard InChI is InChI=1S/C12H22N2O3/c1-12(8-13-9-12)17-7-11(15)14(5-6-16-2)10-3-4-10/h10,13H,3-9H2,1-2H3. The van der Waals surface area contributed by atoms with Crippen molar-refractivity contribution in [1.29, 1.82) is 0 Å². The minimum atomic E-state index is -0.147. The summed E-state index contributed by atoms with van der Waals surface area (Å²) in [5.41, 5.74) is -0.147. The van der Waals surface area contributed by atoms with E-state index in [1.807, 2.05) is 11.8 Å². The van der Waals surface area contributed by atoms with Crippen LogP contribution in [0.2, 0.25) is 0 Å². The second-order valence-corrected chi connectivity index (χ2v) is 5.15. The molecule has 1 saturated carbocycles. The van der Waals surface area contributed by atoms with Gasteiger partial charge in [-0.25, -0.2) is 0 Å². The van der Waals surface area contributed by atoms with Crippen molar-refractivity contribution in [2.45, 2.75) is 31.4 Å². The number of methoxy groups -OCH3 is 1. The molecule has 1 saturated heterocycles. The molecule has 1 aliphatic heterocycles. The predicted molar refractivity (Wildman–Crippen MR) is 63.8 cm³/mol. The summed E-state index contributed by atoms with van der Waals surface area (Å²) in [5.74, 6) is 0.0951. The lowest BCUT2D eigenvalue weighted by molar-refractivity contribution is -0.147. The summed E-state index contributed by atoms with van der Waals surface area (Å²) in [4.78, 5) is 13.9. The van der Waals surface area contributed by atoms with Crippen molar-refractivity contribution in [1.82, 2.24) is 10.2 Å². The summed E-state index contributed by atoms with van der Waals surface area (Å²) in [6.07, 6.45) is 2.24. The molecule has 0 aromatic rings. The van der Waals surface area contributed by atoms with Crippen LogP contribution in [0, 0.1) is 0 Å². The van der Waals surface area contributed by atoms with Gasteiger partial charge in [-0.05, 0) is 19.8 Å². The highest BCUT2D eigenvalue weighted by Crippen LogP contribution is 2.27. The van der Waals surface area contributed by atoms with Gasteiger partial charge in [-0.1, -0.05) is 0 Å². The minimum Gasteiger partial charge on any atom is -0.383 e. The van der Waals surface area contributed by atoms with Crippen LogP contribution in [0.4, 0.5) is 0 Å². The topological polar surface area (TPSA) is 50.8 Å². The molecule has 0 radical (unpaired) electrons. The van der Waals surface area contributed by atoms with Crippen molar-refractivity contribution in [3.8, 4) is 0 Å². The van der Waals surface area contributed by atoms with Gasteiger partial charge < -0.3 is 19.7 Å². The summed E-state index contributed by atoms with van der Waals surface area (Å²) >= 11 is 0. The van der Waals surface area contributed by atoms with E-state index in [0.29, 0.717) is 19.2 Å². The van der Waals surface area contributed by atoms with Crippen LogP contribution in [0.1, 0.15) is 19.8 Å². The van der Waals surface area contributed by atoms with Gasteiger partial charge in [0, 0.05) is 32.8 Å². The largest absolute Gasteiger partial charge is 0.383 e. The Morgan fingerprint density at radius 3 is 2.65 bits per heavy atom. The smallest absolute Gasteiger partial charge is 0.248 e. The highest BCUT2D eigenvalue weighted by Gasteiger charge is 2.36. The van der Waals surface area contributed by atoms with Crippen LogP contribution >= 0.6 is 0 Å². The Balaban J connectivity index is 1.75. The summed E-state index contributed by atoms with van der Waals surface area (Å²) in [6, 6.07) is 0.425. The molecule has 2 aliphatic rings. The molecular weight excluding hydrogens is 220 g/mol. The quantitative estimate of drug-likeness (QED) is 0.683. The van der Waals surface area contributed by atoms with Crippen LogP contribution in [-0.2, 0) is 14.3 Å². The molecule has 2 rings (SSSR count). The average molecular weight is 242 g/mol. The van der Waals surface area contributed by atoms with Crippen LogP contribution in [0.5, 0.6) is 0 Å². The van der Waals surface area contributed by atoms with Gasteiger partial charge >= 0.3 is 0 Å². The van der Waals surface area contributed by atoms with Crippen molar-refractivity contribution in [2.75, 3.05) is 40.0 Å². The maximum Gasteiger partial charge on any atom is 0.248 e. The van der Waals surface area contributed by atoms with Crippen LogP contribution < -0.4 is 5.32 Å². The zero-order valence-corrected chi connectivity index (χ0v) is 10.7. The first-order chi connectivity index (χ1) is 8.14. The summed E-state index contributed by atoms with van der Waals surface area (Å²) < 4.78 is 10.7. The van der Waals surface area contributed by atoms with Crippen LogP contribution in [-0.4, -0.2) is 62.4 Å². The van der Waals surface area contributed by atoms with Gasteiger partial charge in [0.1, 0.15) is 6.61 Å². The fraction of sp³-hybridized carbons (Fsp3) is 0.917. The van der Waals surface area contributed by atoms with Crippen molar-refractivity contribution in [3.05, 3.63) is 0 Å². The molecule has 0 aromatic carbocycles.